The molecule has 2 aromatic heterocycles. The molecule has 0 saturated heterocycles. The summed E-state index contributed by atoms with van der Waals surface area (Å²) in [5.74, 6) is 0.0855. The molecule has 2 heterocycles. The van der Waals surface area contributed by atoms with Crippen LogP contribution in [0.1, 0.15) is 12.5 Å². The predicted molar refractivity (Wildman–Crippen MR) is 137 cm³/mol. The maximum Gasteiger partial charge on any atom is 0.263 e. The average molecular weight is 480 g/mol. The number of nitrogens with one attached hydrogen (secondary N) is 1. The lowest BCUT2D eigenvalue weighted by Gasteiger charge is -2.19. The van der Waals surface area contributed by atoms with Gasteiger partial charge >= 0.3 is 0 Å². The Morgan fingerprint density at radius 2 is 1.68 bits per heavy atom. The molecule has 0 fully saturated rings. The van der Waals surface area contributed by atoms with E-state index < -0.39 is 0 Å². The fourth-order valence-corrected chi connectivity index (χ4v) is 3.79. The number of hydrogen-bond acceptors (Lipinski definition) is 5. The lowest BCUT2D eigenvalue weighted by Crippen LogP contribution is -2.34. The largest absolute Gasteiger partial charge is 0.354 e. The first-order valence-electron chi connectivity index (χ1n) is 10.9. The number of rotatable bonds is 8. The molecule has 0 radical (unpaired) electrons. The Bertz CT molecular complexity index is 1260. The van der Waals surface area contributed by atoms with Crippen LogP contribution >= 0.6 is 12.4 Å². The van der Waals surface area contributed by atoms with Crippen LogP contribution < -0.4 is 16.6 Å². The second-order valence-corrected chi connectivity index (χ2v) is 7.78. The van der Waals surface area contributed by atoms with Gasteiger partial charge in [0.15, 0.2) is 0 Å². The minimum absolute atomic E-state index is 0. The monoisotopic (exact) mass is 479 g/mol. The highest BCUT2D eigenvalue weighted by atomic mass is 35.5. The lowest BCUT2D eigenvalue weighted by molar-refractivity contribution is 0.628. The number of benzene rings is 2. The van der Waals surface area contributed by atoms with Crippen molar-refractivity contribution in [1.82, 2.24) is 14.5 Å². The van der Waals surface area contributed by atoms with E-state index in [9.17, 15) is 9.18 Å². The lowest BCUT2D eigenvalue weighted by atomic mass is 10.0. The van der Waals surface area contributed by atoms with Crippen molar-refractivity contribution in [2.75, 3.05) is 11.9 Å². The highest BCUT2D eigenvalue weighted by molar-refractivity contribution is 5.85. The minimum Gasteiger partial charge on any atom is -0.354 e. The fraction of sp³-hybridized carbons (Fsp3) is 0.192. The third kappa shape index (κ3) is 5.68. The average Bonchev–Trinajstić information content (AvgIpc) is 2.84. The quantitative estimate of drug-likeness (QED) is 0.387. The van der Waals surface area contributed by atoms with Crippen molar-refractivity contribution in [3.8, 4) is 22.4 Å². The Labute approximate surface area is 204 Å². The molecule has 0 unspecified atom stereocenters. The van der Waals surface area contributed by atoms with Gasteiger partial charge in [-0.15, -0.1) is 12.4 Å². The summed E-state index contributed by atoms with van der Waals surface area (Å²) in [6.45, 7) is 2.76. The summed E-state index contributed by atoms with van der Waals surface area (Å²) in [4.78, 5) is 22.5. The van der Waals surface area contributed by atoms with Gasteiger partial charge in [-0.25, -0.2) is 9.37 Å². The van der Waals surface area contributed by atoms with Crippen molar-refractivity contribution in [1.29, 1.82) is 0 Å². The van der Waals surface area contributed by atoms with E-state index >= 15 is 0 Å². The van der Waals surface area contributed by atoms with Crippen LogP contribution in [0.15, 0.2) is 83.9 Å². The third-order valence-corrected chi connectivity index (χ3v) is 5.44. The minimum atomic E-state index is -0.362. The normalized spacial score (nSPS) is 11.5. The summed E-state index contributed by atoms with van der Waals surface area (Å²) < 4.78 is 15.1. The summed E-state index contributed by atoms with van der Waals surface area (Å²) in [5.41, 5.74) is 9.58. The Hall–Kier alpha value is -3.55. The van der Waals surface area contributed by atoms with Gasteiger partial charge < -0.3 is 11.1 Å². The second-order valence-electron chi connectivity index (χ2n) is 7.78. The molecule has 3 N–H and O–H groups in total. The maximum absolute atomic E-state index is 13.6. The zero-order chi connectivity index (χ0) is 23.2. The molecule has 0 aliphatic rings. The number of aromatic nitrogens is 3. The van der Waals surface area contributed by atoms with Crippen molar-refractivity contribution >= 4 is 18.4 Å². The maximum atomic E-state index is 13.6. The topological polar surface area (TPSA) is 85.8 Å². The van der Waals surface area contributed by atoms with Crippen LogP contribution in [0.3, 0.4) is 0 Å². The molecule has 0 aliphatic carbocycles. The molecule has 8 heteroatoms. The first-order valence-corrected chi connectivity index (χ1v) is 10.9. The van der Waals surface area contributed by atoms with Gasteiger partial charge in [-0.3, -0.25) is 14.3 Å². The van der Waals surface area contributed by atoms with E-state index in [0.717, 1.165) is 11.1 Å². The molecule has 0 bridgehead atoms. The number of pyridine rings is 1. The van der Waals surface area contributed by atoms with E-state index in [-0.39, 0.29) is 29.8 Å². The molecule has 176 valence electrons. The number of halogens is 2. The third-order valence-electron chi connectivity index (χ3n) is 5.44. The first kappa shape index (κ1) is 25.1. The van der Waals surface area contributed by atoms with Crippen LogP contribution in [0.2, 0.25) is 0 Å². The van der Waals surface area contributed by atoms with Gasteiger partial charge in [0.2, 0.25) is 5.95 Å². The van der Waals surface area contributed by atoms with Crippen molar-refractivity contribution < 1.29 is 4.39 Å². The van der Waals surface area contributed by atoms with Crippen LogP contribution in [-0.4, -0.2) is 27.1 Å². The van der Waals surface area contributed by atoms with Gasteiger partial charge in [-0.2, -0.15) is 0 Å². The highest BCUT2D eigenvalue weighted by Crippen LogP contribution is 2.29. The Morgan fingerprint density at radius 1 is 1.00 bits per heavy atom. The molecule has 0 aliphatic heterocycles. The summed E-state index contributed by atoms with van der Waals surface area (Å²) >= 11 is 0. The molecular formula is C26H27ClFN5O. The summed E-state index contributed by atoms with van der Waals surface area (Å²) in [5, 5.41) is 3.27. The van der Waals surface area contributed by atoms with E-state index in [1.165, 1.54) is 12.1 Å². The molecule has 6 nitrogen and oxygen atoms in total. The molecule has 0 saturated carbocycles. The van der Waals surface area contributed by atoms with E-state index in [2.05, 4.69) is 10.3 Å². The van der Waals surface area contributed by atoms with Crippen molar-refractivity contribution in [2.24, 2.45) is 5.73 Å². The van der Waals surface area contributed by atoms with Gasteiger partial charge in [0, 0.05) is 37.1 Å². The highest BCUT2D eigenvalue weighted by Gasteiger charge is 2.19. The van der Waals surface area contributed by atoms with Crippen molar-refractivity contribution in [3.05, 3.63) is 101 Å². The van der Waals surface area contributed by atoms with Crippen molar-refractivity contribution in [3.63, 3.8) is 0 Å². The van der Waals surface area contributed by atoms with Crippen LogP contribution in [-0.2, 0) is 13.0 Å². The molecule has 0 amide bonds. The smallest absolute Gasteiger partial charge is 0.263 e. The van der Waals surface area contributed by atoms with Gasteiger partial charge in [0.05, 0.1) is 11.3 Å². The van der Waals surface area contributed by atoms with Crippen LogP contribution in [0.5, 0.6) is 0 Å². The van der Waals surface area contributed by atoms with E-state index in [1.54, 1.807) is 41.2 Å². The van der Waals surface area contributed by atoms with E-state index in [0.29, 0.717) is 42.3 Å². The first-order chi connectivity index (χ1) is 16.1. The molecule has 4 rings (SSSR count). The zero-order valence-electron chi connectivity index (χ0n) is 18.8. The molecule has 0 spiro atoms. The summed E-state index contributed by atoms with van der Waals surface area (Å²) in [6, 6.07) is 19.4. The van der Waals surface area contributed by atoms with Crippen molar-refractivity contribution in [2.45, 2.75) is 25.9 Å². The number of anilines is 1. The van der Waals surface area contributed by atoms with E-state index in [4.69, 9.17) is 10.7 Å². The summed E-state index contributed by atoms with van der Waals surface area (Å²) in [7, 11) is 0. The molecular weight excluding hydrogens is 453 g/mol. The summed E-state index contributed by atoms with van der Waals surface area (Å²) in [6.07, 6.45) is 4.01. The number of nitrogens with two attached hydrogens (primary N) is 1. The van der Waals surface area contributed by atoms with E-state index in [1.807, 2.05) is 37.3 Å². The Balaban J connectivity index is 0.00000324. The SMILES string of the molecule is CCn1c(NC[C@H](N)Cc2ccccc2)nc(-c2ccncc2)c(-c2ccc(F)cc2)c1=O.Cl. The van der Waals surface area contributed by atoms with Gasteiger partial charge in [-0.1, -0.05) is 42.5 Å². The molecule has 34 heavy (non-hydrogen) atoms. The molecule has 4 aromatic rings. The standard InChI is InChI=1S/C26H26FN5O.ClH/c1-2-32-25(33)23(19-8-10-21(27)11-9-19)24(20-12-14-29-15-13-20)31-26(32)30-17-22(28)16-18-6-4-3-5-7-18;/h3-15,22H,2,16-17,28H2,1H3,(H,30,31);1H/t22-;/m1./s1. The van der Waals surface area contributed by atoms with Gasteiger partial charge in [0.1, 0.15) is 5.82 Å². The van der Waals surface area contributed by atoms with Crippen LogP contribution in [0, 0.1) is 5.82 Å². The molecule has 1 atom stereocenters. The Morgan fingerprint density at radius 3 is 2.32 bits per heavy atom. The molecule has 2 aromatic carbocycles. The predicted octanol–water partition coefficient (Wildman–Crippen LogP) is 4.54. The zero-order valence-corrected chi connectivity index (χ0v) is 19.6. The van der Waals surface area contributed by atoms with Crippen LogP contribution in [0.4, 0.5) is 10.3 Å². The Kier molecular flexibility index (Phi) is 8.51. The van der Waals surface area contributed by atoms with Crippen LogP contribution in [0.25, 0.3) is 22.4 Å². The number of hydrogen-bond donors (Lipinski definition) is 2. The van der Waals surface area contributed by atoms with Gasteiger partial charge in [-0.05, 0) is 48.7 Å². The second kappa shape index (κ2) is 11.5. The number of nitrogens with zero attached hydrogens (tertiary/aromatic N) is 3. The van der Waals surface area contributed by atoms with Gasteiger partial charge in [0.25, 0.3) is 5.56 Å². The fourth-order valence-electron chi connectivity index (χ4n) is 3.79.